The van der Waals surface area contributed by atoms with E-state index < -0.39 is 23.7 Å². The molecule has 0 saturated carbocycles. The van der Waals surface area contributed by atoms with Crippen molar-refractivity contribution < 1.29 is 19.4 Å². The second-order valence-electron chi connectivity index (χ2n) is 5.74. The molecule has 0 unspecified atom stereocenters. The molecule has 0 spiro atoms. The molecule has 0 aliphatic rings. The fourth-order valence-corrected chi connectivity index (χ4v) is 1.71. The topological polar surface area (TPSA) is 93.5 Å². The summed E-state index contributed by atoms with van der Waals surface area (Å²) in [6.45, 7) is 7.90. The van der Waals surface area contributed by atoms with Crippen LogP contribution in [0.1, 0.15) is 39.8 Å². The molecule has 0 radical (unpaired) electrons. The molecule has 0 fully saturated rings. The minimum Gasteiger partial charge on any atom is -0.480 e. The lowest BCUT2D eigenvalue weighted by atomic mass is 10.1. The van der Waals surface area contributed by atoms with E-state index in [0.717, 1.165) is 12.2 Å². The van der Waals surface area contributed by atoms with E-state index in [1.54, 1.807) is 25.5 Å². The lowest BCUT2D eigenvalue weighted by Gasteiger charge is -2.21. The number of ether oxygens (including phenoxy) is 1. The highest BCUT2D eigenvalue weighted by molar-refractivity contribution is 5.79. The molecule has 21 heavy (non-hydrogen) atoms. The summed E-state index contributed by atoms with van der Waals surface area (Å²) in [5.41, 5.74) is 0.140. The predicted octanol–water partition coefficient (Wildman–Crippen LogP) is 1.81. The summed E-state index contributed by atoms with van der Waals surface area (Å²) < 4.78 is 6.83. The van der Waals surface area contributed by atoms with E-state index >= 15 is 0 Å². The van der Waals surface area contributed by atoms with Gasteiger partial charge < -0.3 is 15.2 Å². The number of aliphatic carboxylic acids is 1. The van der Waals surface area contributed by atoms with Crippen LogP contribution in [0.3, 0.4) is 0 Å². The van der Waals surface area contributed by atoms with Crippen molar-refractivity contribution >= 4 is 12.1 Å². The smallest absolute Gasteiger partial charge is 0.408 e. The minimum atomic E-state index is -1.09. The highest BCUT2D eigenvalue weighted by Crippen LogP contribution is 2.08. The molecule has 7 heteroatoms. The zero-order valence-electron chi connectivity index (χ0n) is 12.9. The van der Waals surface area contributed by atoms with Gasteiger partial charge in [-0.3, -0.25) is 4.68 Å². The normalized spacial score (nSPS) is 12.8. The fraction of sp³-hybridized carbons (Fsp3) is 0.643. The molecule has 2 N–H and O–H groups in total. The second kappa shape index (κ2) is 7.10. The van der Waals surface area contributed by atoms with Crippen LogP contribution in [0.15, 0.2) is 12.3 Å². The molecule has 1 atom stereocenters. The standard InChI is InChI=1S/C14H23N3O4/c1-5-17-9-8-10(16-17)6-7-11(12(18)19)15-13(20)21-14(2,3)4/h8-9,11H,5-7H2,1-4H3,(H,15,20)(H,18,19)/t11-/m0/s1. The largest absolute Gasteiger partial charge is 0.480 e. The number of hydrogen-bond donors (Lipinski definition) is 2. The van der Waals surface area contributed by atoms with Crippen LogP contribution in [-0.2, 0) is 22.5 Å². The Labute approximate surface area is 124 Å². The van der Waals surface area contributed by atoms with Crippen LogP contribution in [0.2, 0.25) is 0 Å². The summed E-state index contributed by atoms with van der Waals surface area (Å²) in [4.78, 5) is 22.8. The minimum absolute atomic E-state index is 0.259. The van der Waals surface area contributed by atoms with E-state index in [-0.39, 0.29) is 6.42 Å². The van der Waals surface area contributed by atoms with Crippen LogP contribution in [-0.4, -0.2) is 38.6 Å². The third kappa shape index (κ3) is 6.29. The average Bonchev–Trinajstić information content (AvgIpc) is 2.79. The molecular weight excluding hydrogens is 274 g/mol. The van der Waals surface area contributed by atoms with Crippen LogP contribution in [0, 0.1) is 0 Å². The maximum atomic E-state index is 11.6. The molecule has 7 nitrogen and oxygen atoms in total. The summed E-state index contributed by atoms with van der Waals surface area (Å²) in [6.07, 6.45) is 1.84. The van der Waals surface area contributed by atoms with Crippen molar-refractivity contribution in [2.45, 2.75) is 58.7 Å². The van der Waals surface area contributed by atoms with Crippen molar-refractivity contribution in [1.29, 1.82) is 0 Å². The number of rotatable bonds is 6. The van der Waals surface area contributed by atoms with Crippen molar-refractivity contribution in [3.05, 3.63) is 18.0 Å². The summed E-state index contributed by atoms with van der Waals surface area (Å²) in [5, 5.41) is 15.8. The van der Waals surface area contributed by atoms with Crippen molar-refractivity contribution in [3.8, 4) is 0 Å². The monoisotopic (exact) mass is 297 g/mol. The van der Waals surface area contributed by atoms with Crippen molar-refractivity contribution in [1.82, 2.24) is 15.1 Å². The summed E-state index contributed by atoms with van der Waals surface area (Å²) in [5.74, 6) is -1.09. The van der Waals surface area contributed by atoms with Crippen LogP contribution < -0.4 is 5.32 Å². The number of alkyl carbamates (subject to hydrolysis) is 1. The number of carboxylic acids is 1. The molecule has 1 heterocycles. The van der Waals surface area contributed by atoms with Gasteiger partial charge in [-0.1, -0.05) is 0 Å². The van der Waals surface area contributed by atoms with Crippen LogP contribution in [0.4, 0.5) is 4.79 Å². The van der Waals surface area contributed by atoms with Crippen LogP contribution in [0.25, 0.3) is 0 Å². The number of aromatic nitrogens is 2. The Morgan fingerprint density at radius 1 is 1.48 bits per heavy atom. The molecule has 1 aromatic heterocycles. The van der Waals surface area contributed by atoms with E-state index in [0.29, 0.717) is 6.42 Å². The number of carbonyl (C=O) groups excluding carboxylic acids is 1. The highest BCUT2D eigenvalue weighted by atomic mass is 16.6. The Hall–Kier alpha value is -2.05. The predicted molar refractivity (Wildman–Crippen MR) is 77.0 cm³/mol. The van der Waals surface area contributed by atoms with Crippen molar-refractivity contribution in [2.24, 2.45) is 0 Å². The van der Waals surface area contributed by atoms with E-state index in [4.69, 9.17) is 9.84 Å². The second-order valence-corrected chi connectivity index (χ2v) is 5.74. The van der Waals surface area contributed by atoms with Gasteiger partial charge in [0.15, 0.2) is 0 Å². The third-order valence-electron chi connectivity index (χ3n) is 2.70. The fourth-order valence-electron chi connectivity index (χ4n) is 1.71. The Morgan fingerprint density at radius 2 is 2.14 bits per heavy atom. The maximum Gasteiger partial charge on any atom is 0.408 e. The molecule has 0 bridgehead atoms. The Morgan fingerprint density at radius 3 is 2.62 bits per heavy atom. The van der Waals surface area contributed by atoms with Gasteiger partial charge in [0.1, 0.15) is 11.6 Å². The Kier molecular flexibility index (Phi) is 5.75. The Balaban J connectivity index is 2.54. The Bertz CT molecular complexity index is 491. The van der Waals surface area contributed by atoms with Gasteiger partial charge in [-0.15, -0.1) is 0 Å². The summed E-state index contributed by atoms with van der Waals surface area (Å²) in [6, 6.07) is 0.849. The first kappa shape index (κ1) is 17.0. The van der Waals surface area contributed by atoms with Crippen molar-refractivity contribution in [2.75, 3.05) is 0 Å². The van der Waals surface area contributed by atoms with E-state index in [9.17, 15) is 9.59 Å². The molecule has 1 aromatic rings. The molecule has 0 aliphatic carbocycles. The van der Waals surface area contributed by atoms with E-state index in [1.807, 2.05) is 19.2 Å². The van der Waals surface area contributed by atoms with Crippen LogP contribution >= 0.6 is 0 Å². The first-order chi connectivity index (χ1) is 9.71. The summed E-state index contributed by atoms with van der Waals surface area (Å²) in [7, 11) is 0. The van der Waals surface area contributed by atoms with Gasteiger partial charge in [-0.05, 0) is 46.6 Å². The molecule has 1 amide bonds. The zero-order chi connectivity index (χ0) is 16.0. The van der Waals surface area contributed by atoms with Gasteiger partial charge in [-0.25, -0.2) is 9.59 Å². The lowest BCUT2D eigenvalue weighted by Crippen LogP contribution is -2.43. The number of hydrogen-bond acceptors (Lipinski definition) is 4. The molecule has 1 rings (SSSR count). The summed E-state index contributed by atoms with van der Waals surface area (Å²) >= 11 is 0. The number of nitrogens with zero attached hydrogens (tertiary/aromatic N) is 2. The number of carbonyl (C=O) groups is 2. The third-order valence-corrected chi connectivity index (χ3v) is 2.70. The van der Waals surface area contributed by atoms with Gasteiger partial charge in [-0.2, -0.15) is 5.10 Å². The van der Waals surface area contributed by atoms with Gasteiger partial charge in [0.05, 0.1) is 5.69 Å². The molecule has 0 saturated heterocycles. The molecule has 0 aromatic carbocycles. The van der Waals surface area contributed by atoms with Crippen LogP contribution in [0.5, 0.6) is 0 Å². The highest BCUT2D eigenvalue weighted by Gasteiger charge is 2.23. The quantitative estimate of drug-likeness (QED) is 0.835. The van der Waals surface area contributed by atoms with Gasteiger partial charge in [0.2, 0.25) is 0 Å². The van der Waals surface area contributed by atoms with E-state index in [2.05, 4.69) is 10.4 Å². The molecule has 118 valence electrons. The average molecular weight is 297 g/mol. The maximum absolute atomic E-state index is 11.6. The number of nitrogens with one attached hydrogen (secondary N) is 1. The molecule has 0 aliphatic heterocycles. The van der Waals surface area contributed by atoms with Gasteiger partial charge in [0, 0.05) is 12.7 Å². The van der Waals surface area contributed by atoms with Crippen molar-refractivity contribution in [3.63, 3.8) is 0 Å². The van der Waals surface area contributed by atoms with E-state index in [1.165, 1.54) is 0 Å². The van der Waals surface area contributed by atoms with Gasteiger partial charge in [0.25, 0.3) is 0 Å². The molecular formula is C14H23N3O4. The number of amides is 1. The first-order valence-corrected chi connectivity index (χ1v) is 6.96. The first-order valence-electron chi connectivity index (χ1n) is 6.96. The lowest BCUT2D eigenvalue weighted by molar-refractivity contribution is -0.139. The SMILES string of the molecule is CCn1ccc(CC[C@H](NC(=O)OC(C)(C)C)C(=O)O)n1. The number of carboxylic acid groups (broad SMARTS) is 1. The zero-order valence-corrected chi connectivity index (χ0v) is 12.9. The number of aryl methyl sites for hydroxylation is 2. The van der Waals surface area contributed by atoms with Gasteiger partial charge >= 0.3 is 12.1 Å².